The predicted octanol–water partition coefficient (Wildman–Crippen LogP) is 3.18. The molecule has 1 aliphatic heterocycles. The number of hydrogen-bond acceptors (Lipinski definition) is 9. The van der Waals surface area contributed by atoms with E-state index in [1.165, 1.54) is 0 Å². The summed E-state index contributed by atoms with van der Waals surface area (Å²) in [7, 11) is 1.65. The highest BCUT2D eigenvalue weighted by Gasteiger charge is 2.28. The van der Waals surface area contributed by atoms with Crippen LogP contribution in [0.15, 0.2) is 24.3 Å². The van der Waals surface area contributed by atoms with Gasteiger partial charge in [0.2, 0.25) is 5.91 Å². The lowest BCUT2D eigenvalue weighted by Crippen LogP contribution is -2.48. The minimum Gasteiger partial charge on any atom is -0.497 e. The van der Waals surface area contributed by atoms with Crippen LogP contribution in [0.1, 0.15) is 39.4 Å². The molecule has 0 radical (unpaired) electrons. The average Bonchev–Trinajstić information content (AvgIpc) is 3.15. The SMILES string of the molecule is CCOC(=O)c1sc(NC(=O)CN2CCN(c3cccc(OC)c3)CC2)c(C(=O)OCC)c1C. The lowest BCUT2D eigenvalue weighted by Gasteiger charge is -2.35. The van der Waals surface area contributed by atoms with Crippen molar-refractivity contribution in [3.8, 4) is 5.75 Å². The average molecular weight is 490 g/mol. The number of hydrogen-bond donors (Lipinski definition) is 1. The number of nitrogens with zero attached hydrogens (tertiary/aromatic N) is 2. The highest BCUT2D eigenvalue weighted by atomic mass is 32.1. The molecule has 9 nitrogen and oxygen atoms in total. The molecular formula is C24H31N3O6S. The highest BCUT2D eigenvalue weighted by Crippen LogP contribution is 2.34. The smallest absolute Gasteiger partial charge is 0.348 e. The van der Waals surface area contributed by atoms with E-state index in [1.807, 2.05) is 24.3 Å². The molecule has 184 valence electrons. The molecule has 0 saturated carbocycles. The van der Waals surface area contributed by atoms with Crippen LogP contribution in [0.4, 0.5) is 10.7 Å². The van der Waals surface area contributed by atoms with Crippen LogP contribution in [0.25, 0.3) is 0 Å². The first kappa shape index (κ1) is 25.5. The monoisotopic (exact) mass is 489 g/mol. The second kappa shape index (κ2) is 11.8. The number of carbonyl (C=O) groups is 3. The van der Waals surface area contributed by atoms with Gasteiger partial charge in [0.05, 0.1) is 32.4 Å². The first-order chi connectivity index (χ1) is 16.4. The molecule has 1 aromatic carbocycles. The molecule has 1 N–H and O–H groups in total. The summed E-state index contributed by atoms with van der Waals surface area (Å²) in [5, 5.41) is 3.12. The van der Waals surface area contributed by atoms with Crippen LogP contribution < -0.4 is 15.0 Å². The largest absolute Gasteiger partial charge is 0.497 e. The van der Waals surface area contributed by atoms with Crippen molar-refractivity contribution in [1.82, 2.24) is 4.90 Å². The third kappa shape index (κ3) is 6.06. The number of methoxy groups -OCH3 is 1. The fraction of sp³-hybridized carbons (Fsp3) is 0.458. The Morgan fingerprint density at radius 2 is 1.71 bits per heavy atom. The van der Waals surface area contributed by atoms with E-state index in [2.05, 4.69) is 15.1 Å². The van der Waals surface area contributed by atoms with Gasteiger partial charge in [-0.3, -0.25) is 9.69 Å². The van der Waals surface area contributed by atoms with Crippen molar-refractivity contribution < 1.29 is 28.6 Å². The number of carbonyl (C=O) groups excluding carboxylic acids is 3. The molecule has 10 heteroatoms. The van der Waals surface area contributed by atoms with E-state index < -0.39 is 11.9 Å². The fourth-order valence-corrected chi connectivity index (χ4v) is 4.89. The molecule has 0 atom stereocenters. The number of thiophene rings is 1. The Morgan fingerprint density at radius 1 is 1.03 bits per heavy atom. The zero-order valence-corrected chi connectivity index (χ0v) is 20.8. The summed E-state index contributed by atoms with van der Waals surface area (Å²) in [5.41, 5.74) is 1.73. The number of anilines is 2. The van der Waals surface area contributed by atoms with E-state index in [1.54, 1.807) is 27.9 Å². The topological polar surface area (TPSA) is 97.4 Å². The van der Waals surface area contributed by atoms with Gasteiger partial charge < -0.3 is 24.4 Å². The lowest BCUT2D eigenvalue weighted by molar-refractivity contribution is -0.117. The van der Waals surface area contributed by atoms with Crippen LogP contribution in [-0.2, 0) is 14.3 Å². The van der Waals surface area contributed by atoms with Crippen LogP contribution in [-0.4, -0.2) is 75.8 Å². The Kier molecular flexibility index (Phi) is 8.89. The van der Waals surface area contributed by atoms with Gasteiger partial charge in [0.15, 0.2) is 0 Å². The van der Waals surface area contributed by atoms with Crippen LogP contribution in [0.5, 0.6) is 5.75 Å². The van der Waals surface area contributed by atoms with Gasteiger partial charge >= 0.3 is 11.9 Å². The molecule has 2 aromatic rings. The van der Waals surface area contributed by atoms with E-state index in [0.29, 0.717) is 23.7 Å². The second-order valence-electron chi connectivity index (χ2n) is 7.71. The van der Waals surface area contributed by atoms with E-state index in [-0.39, 0.29) is 36.1 Å². The quantitative estimate of drug-likeness (QED) is 0.537. The maximum atomic E-state index is 12.8. The molecule has 0 bridgehead atoms. The molecule has 1 aromatic heterocycles. The highest BCUT2D eigenvalue weighted by molar-refractivity contribution is 7.18. The molecule has 3 rings (SSSR count). The third-order valence-corrected chi connectivity index (χ3v) is 6.69. The molecular weight excluding hydrogens is 458 g/mol. The van der Waals surface area contributed by atoms with E-state index >= 15 is 0 Å². The minimum atomic E-state index is -0.575. The Balaban J connectivity index is 1.64. The molecule has 1 amide bonds. The van der Waals surface area contributed by atoms with Gasteiger partial charge in [-0.2, -0.15) is 0 Å². The Bertz CT molecular complexity index is 1030. The Labute approximate surface area is 203 Å². The molecule has 1 saturated heterocycles. The molecule has 0 aliphatic carbocycles. The van der Waals surface area contributed by atoms with Gasteiger partial charge in [-0.25, -0.2) is 9.59 Å². The predicted molar refractivity (Wildman–Crippen MR) is 131 cm³/mol. The van der Waals surface area contributed by atoms with E-state index in [9.17, 15) is 14.4 Å². The van der Waals surface area contributed by atoms with Crippen molar-refractivity contribution >= 4 is 39.9 Å². The molecule has 34 heavy (non-hydrogen) atoms. The second-order valence-corrected chi connectivity index (χ2v) is 8.73. The Hall–Kier alpha value is -3.11. The van der Waals surface area contributed by atoms with Crippen LogP contribution >= 0.6 is 11.3 Å². The van der Waals surface area contributed by atoms with Crippen molar-refractivity contribution in [3.63, 3.8) is 0 Å². The van der Waals surface area contributed by atoms with Gasteiger partial charge in [0.25, 0.3) is 0 Å². The molecule has 2 heterocycles. The van der Waals surface area contributed by atoms with Gasteiger partial charge in [-0.1, -0.05) is 6.07 Å². The summed E-state index contributed by atoms with van der Waals surface area (Å²) < 4.78 is 15.5. The fourth-order valence-electron chi connectivity index (χ4n) is 3.78. The molecule has 0 unspecified atom stereocenters. The summed E-state index contributed by atoms with van der Waals surface area (Å²) in [6.45, 7) is 8.64. The number of esters is 2. The number of amides is 1. The molecule has 1 fully saturated rings. The van der Waals surface area contributed by atoms with Crippen molar-refractivity contribution in [2.24, 2.45) is 0 Å². The number of benzene rings is 1. The maximum Gasteiger partial charge on any atom is 0.348 e. The van der Waals surface area contributed by atoms with Gasteiger partial charge in [0.1, 0.15) is 15.6 Å². The zero-order chi connectivity index (χ0) is 24.7. The summed E-state index contributed by atoms with van der Waals surface area (Å²) >= 11 is 1.03. The van der Waals surface area contributed by atoms with E-state index in [0.717, 1.165) is 35.9 Å². The number of nitrogens with one attached hydrogen (secondary N) is 1. The molecule has 0 spiro atoms. The lowest BCUT2D eigenvalue weighted by atomic mass is 10.1. The minimum absolute atomic E-state index is 0.180. The Morgan fingerprint density at radius 3 is 2.35 bits per heavy atom. The van der Waals surface area contributed by atoms with Crippen LogP contribution in [0.2, 0.25) is 0 Å². The van der Waals surface area contributed by atoms with Crippen molar-refractivity contribution in [1.29, 1.82) is 0 Å². The van der Waals surface area contributed by atoms with Crippen LogP contribution in [0, 0.1) is 6.92 Å². The number of rotatable bonds is 9. The summed E-state index contributed by atoms with van der Waals surface area (Å²) in [4.78, 5) is 42.2. The van der Waals surface area contributed by atoms with Crippen molar-refractivity contribution in [2.75, 3.05) is 63.3 Å². The summed E-state index contributed by atoms with van der Waals surface area (Å²) in [6, 6.07) is 7.92. The van der Waals surface area contributed by atoms with Gasteiger partial charge in [0, 0.05) is 37.9 Å². The van der Waals surface area contributed by atoms with Crippen LogP contribution in [0.3, 0.4) is 0 Å². The number of piperazine rings is 1. The zero-order valence-electron chi connectivity index (χ0n) is 20.0. The maximum absolute atomic E-state index is 12.8. The van der Waals surface area contributed by atoms with E-state index in [4.69, 9.17) is 14.2 Å². The van der Waals surface area contributed by atoms with Gasteiger partial charge in [-0.15, -0.1) is 11.3 Å². The summed E-state index contributed by atoms with van der Waals surface area (Å²) in [6.07, 6.45) is 0. The standard InChI is InChI=1S/C24H31N3O6S/c1-5-32-23(29)20-16(3)21(24(30)33-6-2)34-22(20)25-19(28)15-26-10-12-27(13-11-26)17-8-7-9-18(14-17)31-4/h7-9,14H,5-6,10-13,15H2,1-4H3,(H,25,28). The first-order valence-electron chi connectivity index (χ1n) is 11.3. The van der Waals surface area contributed by atoms with Crippen molar-refractivity contribution in [3.05, 3.63) is 40.3 Å². The summed E-state index contributed by atoms with van der Waals surface area (Å²) in [5.74, 6) is -0.541. The normalized spacial score (nSPS) is 13.9. The van der Waals surface area contributed by atoms with Gasteiger partial charge in [-0.05, 0) is 38.5 Å². The third-order valence-electron chi connectivity index (χ3n) is 5.50. The first-order valence-corrected chi connectivity index (χ1v) is 12.1. The number of ether oxygens (including phenoxy) is 3. The van der Waals surface area contributed by atoms with Crippen molar-refractivity contribution in [2.45, 2.75) is 20.8 Å². The molecule has 1 aliphatic rings.